The number of aromatic nitrogens is 2. The van der Waals surface area contributed by atoms with E-state index in [0.717, 1.165) is 44.8 Å². The van der Waals surface area contributed by atoms with Crippen LogP contribution in [0.25, 0.3) is 0 Å². The van der Waals surface area contributed by atoms with Gasteiger partial charge in [0, 0.05) is 43.6 Å². The van der Waals surface area contributed by atoms with Crippen LogP contribution in [0.4, 0.5) is 0 Å². The minimum atomic E-state index is -0.244. The van der Waals surface area contributed by atoms with Gasteiger partial charge in [0.15, 0.2) is 5.82 Å². The molecule has 4 nitrogen and oxygen atoms in total. The third kappa shape index (κ3) is 2.59. The third-order valence-corrected chi connectivity index (χ3v) is 4.59. The minimum absolute atomic E-state index is 0.244. The van der Waals surface area contributed by atoms with Gasteiger partial charge in [-0.1, -0.05) is 13.3 Å². The summed E-state index contributed by atoms with van der Waals surface area (Å²) >= 11 is 0. The quantitative estimate of drug-likeness (QED) is 0.921. The van der Waals surface area contributed by atoms with E-state index >= 15 is 0 Å². The first kappa shape index (κ1) is 14.0. The molecular formula is C16H25N3O. The second-order valence-corrected chi connectivity index (χ2v) is 6.22. The van der Waals surface area contributed by atoms with Gasteiger partial charge in [0.25, 0.3) is 0 Å². The summed E-state index contributed by atoms with van der Waals surface area (Å²) in [6.07, 6.45) is 7.62. The molecule has 2 heterocycles. The van der Waals surface area contributed by atoms with Gasteiger partial charge < -0.3 is 10.1 Å². The average Bonchev–Trinajstić information content (AvgIpc) is 2.47. The van der Waals surface area contributed by atoms with Crippen molar-refractivity contribution in [2.75, 3.05) is 13.2 Å². The lowest BCUT2D eigenvalue weighted by atomic mass is 9.78. The number of hydrogen-bond acceptors (Lipinski definition) is 4. The first-order valence-electron chi connectivity index (χ1n) is 7.93. The Bertz CT molecular complexity index is 473. The molecule has 110 valence electrons. The third-order valence-electron chi connectivity index (χ3n) is 4.59. The molecule has 0 amide bonds. The van der Waals surface area contributed by atoms with Crippen molar-refractivity contribution in [3.05, 3.63) is 23.3 Å². The first-order valence-corrected chi connectivity index (χ1v) is 7.93. The molecule has 20 heavy (non-hydrogen) atoms. The second-order valence-electron chi connectivity index (χ2n) is 6.22. The van der Waals surface area contributed by atoms with Crippen molar-refractivity contribution in [2.45, 2.75) is 58.1 Å². The monoisotopic (exact) mass is 275 g/mol. The molecule has 0 radical (unpaired) electrons. The molecule has 0 bridgehead atoms. The zero-order chi connectivity index (χ0) is 14.0. The Labute approximate surface area is 121 Å². The molecule has 1 aromatic heterocycles. The van der Waals surface area contributed by atoms with E-state index in [0.29, 0.717) is 5.92 Å². The van der Waals surface area contributed by atoms with E-state index in [4.69, 9.17) is 9.72 Å². The van der Waals surface area contributed by atoms with Crippen LogP contribution < -0.4 is 5.32 Å². The molecule has 2 atom stereocenters. The van der Waals surface area contributed by atoms with Crippen molar-refractivity contribution in [3.8, 4) is 0 Å². The topological polar surface area (TPSA) is 47.0 Å². The van der Waals surface area contributed by atoms with Gasteiger partial charge in [0.2, 0.25) is 0 Å². The highest BCUT2D eigenvalue weighted by molar-refractivity contribution is 5.22. The van der Waals surface area contributed by atoms with Crippen molar-refractivity contribution in [3.63, 3.8) is 0 Å². The lowest BCUT2D eigenvalue weighted by molar-refractivity contribution is -0.0882. The molecular weight excluding hydrogens is 250 g/mol. The molecule has 2 aliphatic rings. The predicted octanol–water partition coefficient (Wildman–Crippen LogP) is 2.56. The summed E-state index contributed by atoms with van der Waals surface area (Å²) in [6, 6.07) is 0. The van der Waals surface area contributed by atoms with Gasteiger partial charge in [-0.3, -0.25) is 0 Å². The highest BCUT2D eigenvalue weighted by Crippen LogP contribution is 2.41. The second kappa shape index (κ2) is 5.78. The number of rotatable bonds is 3. The Kier molecular flexibility index (Phi) is 4.03. The Morgan fingerprint density at radius 2 is 2.40 bits per heavy atom. The van der Waals surface area contributed by atoms with Crippen molar-refractivity contribution >= 4 is 0 Å². The lowest BCUT2D eigenvalue weighted by Crippen LogP contribution is -2.38. The van der Waals surface area contributed by atoms with E-state index < -0.39 is 0 Å². The van der Waals surface area contributed by atoms with Crippen LogP contribution >= 0.6 is 0 Å². The Hall–Kier alpha value is -1.00. The van der Waals surface area contributed by atoms with Gasteiger partial charge >= 0.3 is 0 Å². The largest absolute Gasteiger partial charge is 0.367 e. The molecule has 1 saturated carbocycles. The number of nitrogens with one attached hydrogen (secondary N) is 1. The van der Waals surface area contributed by atoms with Crippen molar-refractivity contribution in [1.29, 1.82) is 0 Å². The lowest BCUT2D eigenvalue weighted by Gasteiger charge is -2.38. The zero-order valence-electron chi connectivity index (χ0n) is 12.6. The van der Waals surface area contributed by atoms with Crippen LogP contribution in [0.3, 0.4) is 0 Å². The van der Waals surface area contributed by atoms with Crippen molar-refractivity contribution in [2.24, 2.45) is 5.92 Å². The number of nitrogens with zero attached hydrogens (tertiary/aromatic N) is 2. The molecule has 0 saturated heterocycles. The smallest absolute Gasteiger partial charge is 0.160 e. The fourth-order valence-electron chi connectivity index (χ4n) is 3.63. The normalized spacial score (nSPS) is 30.0. The molecule has 2 unspecified atom stereocenters. The van der Waals surface area contributed by atoms with Gasteiger partial charge in [0.1, 0.15) is 5.60 Å². The molecule has 3 rings (SSSR count). The maximum Gasteiger partial charge on any atom is 0.160 e. The van der Waals surface area contributed by atoms with E-state index in [1.165, 1.54) is 24.1 Å². The number of fused-ring (bicyclic) bond motifs is 1. The summed E-state index contributed by atoms with van der Waals surface area (Å²) in [7, 11) is 0. The Morgan fingerprint density at radius 3 is 3.20 bits per heavy atom. The summed E-state index contributed by atoms with van der Waals surface area (Å²) in [5.74, 6) is 1.61. The SMILES string of the molecule is CCOC1(c2ncc3c(n2)CCNC3)CCCC(C)C1. The van der Waals surface area contributed by atoms with E-state index in [9.17, 15) is 0 Å². The van der Waals surface area contributed by atoms with E-state index in [2.05, 4.69) is 24.1 Å². The zero-order valence-corrected chi connectivity index (χ0v) is 12.6. The molecule has 1 fully saturated rings. The van der Waals surface area contributed by atoms with Gasteiger partial charge in [-0.15, -0.1) is 0 Å². The summed E-state index contributed by atoms with van der Waals surface area (Å²) in [5.41, 5.74) is 2.22. The summed E-state index contributed by atoms with van der Waals surface area (Å²) in [6.45, 7) is 7.03. The predicted molar refractivity (Wildman–Crippen MR) is 78.4 cm³/mol. The summed E-state index contributed by atoms with van der Waals surface area (Å²) in [4.78, 5) is 9.55. The van der Waals surface area contributed by atoms with Gasteiger partial charge in [0.05, 0.1) is 0 Å². The highest BCUT2D eigenvalue weighted by atomic mass is 16.5. The highest BCUT2D eigenvalue weighted by Gasteiger charge is 2.40. The van der Waals surface area contributed by atoms with Crippen LogP contribution in [-0.4, -0.2) is 23.1 Å². The molecule has 4 heteroatoms. The van der Waals surface area contributed by atoms with Gasteiger partial charge in [-0.25, -0.2) is 9.97 Å². The molecule has 1 N–H and O–H groups in total. The summed E-state index contributed by atoms with van der Waals surface area (Å²) < 4.78 is 6.18. The number of hydrogen-bond donors (Lipinski definition) is 1. The van der Waals surface area contributed by atoms with Crippen LogP contribution in [0.5, 0.6) is 0 Å². The molecule has 1 aliphatic carbocycles. The maximum atomic E-state index is 6.18. The Morgan fingerprint density at radius 1 is 1.50 bits per heavy atom. The Balaban J connectivity index is 1.94. The fourth-order valence-corrected chi connectivity index (χ4v) is 3.63. The van der Waals surface area contributed by atoms with E-state index in [1.807, 2.05) is 6.20 Å². The summed E-state index contributed by atoms with van der Waals surface area (Å²) in [5, 5.41) is 3.37. The van der Waals surface area contributed by atoms with E-state index in [1.54, 1.807) is 0 Å². The fraction of sp³-hybridized carbons (Fsp3) is 0.750. The van der Waals surface area contributed by atoms with E-state index in [-0.39, 0.29) is 5.60 Å². The molecule has 1 aromatic rings. The van der Waals surface area contributed by atoms with Crippen molar-refractivity contribution < 1.29 is 4.74 Å². The number of ether oxygens (including phenoxy) is 1. The van der Waals surface area contributed by atoms with Crippen LogP contribution in [0, 0.1) is 5.92 Å². The van der Waals surface area contributed by atoms with Crippen molar-refractivity contribution in [1.82, 2.24) is 15.3 Å². The first-order chi connectivity index (χ1) is 9.73. The maximum absolute atomic E-state index is 6.18. The average molecular weight is 275 g/mol. The van der Waals surface area contributed by atoms with Gasteiger partial charge in [-0.05, 0) is 32.1 Å². The molecule has 0 spiro atoms. The van der Waals surface area contributed by atoms with Crippen LogP contribution in [0.2, 0.25) is 0 Å². The molecule has 0 aromatic carbocycles. The van der Waals surface area contributed by atoms with Gasteiger partial charge in [-0.2, -0.15) is 0 Å². The van der Waals surface area contributed by atoms with Crippen LogP contribution in [-0.2, 0) is 23.3 Å². The van der Waals surface area contributed by atoms with Crippen LogP contribution in [0.1, 0.15) is 56.6 Å². The van der Waals surface area contributed by atoms with Crippen LogP contribution in [0.15, 0.2) is 6.20 Å². The minimum Gasteiger partial charge on any atom is -0.367 e. The standard InChI is InChI=1S/C16H25N3O/c1-3-20-16(7-4-5-12(2)9-16)15-18-11-13-10-17-8-6-14(13)19-15/h11-12,17H,3-10H2,1-2H3. The molecule has 1 aliphatic heterocycles.